The Bertz CT molecular complexity index is 481. The van der Waals surface area contributed by atoms with E-state index in [4.69, 9.17) is 0 Å². The van der Waals surface area contributed by atoms with Crippen molar-refractivity contribution in [3.05, 3.63) is 81.8 Å². The second kappa shape index (κ2) is 8.06. The maximum absolute atomic E-state index is 3.66. The minimum Gasteiger partial charge on any atom is -0.0984 e. The SMILES string of the molecule is C=Cc1ccccc1Br.C=Cc1ccccc1Br. The molecule has 0 N–H and O–H groups in total. The molecule has 0 aromatic heterocycles. The zero-order valence-corrected chi connectivity index (χ0v) is 13.1. The van der Waals surface area contributed by atoms with Gasteiger partial charge in [-0.2, -0.15) is 0 Å². The summed E-state index contributed by atoms with van der Waals surface area (Å²) >= 11 is 6.77. The Morgan fingerprint density at radius 2 is 1.00 bits per heavy atom. The summed E-state index contributed by atoms with van der Waals surface area (Å²) in [4.78, 5) is 0. The highest BCUT2D eigenvalue weighted by Gasteiger charge is 1.89. The average molecular weight is 366 g/mol. The van der Waals surface area contributed by atoms with Gasteiger partial charge in [0.15, 0.2) is 0 Å². The Balaban J connectivity index is 0.000000180. The van der Waals surface area contributed by atoms with Crippen molar-refractivity contribution in [2.24, 2.45) is 0 Å². The lowest BCUT2D eigenvalue weighted by molar-refractivity contribution is 1.61. The van der Waals surface area contributed by atoms with E-state index in [2.05, 4.69) is 45.0 Å². The standard InChI is InChI=1S/2C8H7Br/c2*1-2-7-5-3-4-6-8(7)9/h2*2-6H,1H2. The predicted octanol–water partition coefficient (Wildman–Crippen LogP) is 6.18. The number of hydrogen-bond acceptors (Lipinski definition) is 0. The molecule has 0 saturated heterocycles. The molecule has 18 heavy (non-hydrogen) atoms. The summed E-state index contributed by atoms with van der Waals surface area (Å²) in [5, 5.41) is 0. The maximum atomic E-state index is 3.66. The number of rotatable bonds is 2. The van der Waals surface area contributed by atoms with Crippen molar-refractivity contribution in [3.8, 4) is 0 Å². The van der Waals surface area contributed by atoms with E-state index in [1.807, 2.05) is 60.7 Å². The van der Waals surface area contributed by atoms with Gasteiger partial charge in [0.25, 0.3) is 0 Å². The van der Waals surface area contributed by atoms with Crippen LogP contribution in [0.25, 0.3) is 12.2 Å². The summed E-state index contributed by atoms with van der Waals surface area (Å²) in [7, 11) is 0. The Morgan fingerprint density at radius 3 is 1.22 bits per heavy atom. The maximum Gasteiger partial charge on any atom is 0.0247 e. The van der Waals surface area contributed by atoms with Crippen molar-refractivity contribution in [2.45, 2.75) is 0 Å². The number of hydrogen-bond donors (Lipinski definition) is 0. The third-order valence-corrected chi connectivity index (χ3v) is 3.69. The summed E-state index contributed by atoms with van der Waals surface area (Å²) in [6, 6.07) is 16.0. The quantitative estimate of drug-likeness (QED) is 0.595. The van der Waals surface area contributed by atoms with Gasteiger partial charge in [-0.3, -0.25) is 0 Å². The van der Waals surface area contributed by atoms with Crippen LogP contribution in [0.15, 0.2) is 70.6 Å². The monoisotopic (exact) mass is 364 g/mol. The molecule has 2 aromatic rings. The molecule has 0 aliphatic heterocycles. The van der Waals surface area contributed by atoms with E-state index in [1.54, 1.807) is 0 Å². The molecule has 0 heterocycles. The van der Waals surface area contributed by atoms with Crippen molar-refractivity contribution >= 4 is 44.0 Å². The second-order valence-corrected chi connectivity index (χ2v) is 5.16. The lowest BCUT2D eigenvalue weighted by atomic mass is 10.2. The van der Waals surface area contributed by atoms with E-state index in [0.29, 0.717) is 0 Å². The van der Waals surface area contributed by atoms with Crippen molar-refractivity contribution < 1.29 is 0 Å². The Hall–Kier alpha value is -1.12. The van der Waals surface area contributed by atoms with Crippen LogP contribution >= 0.6 is 31.9 Å². The van der Waals surface area contributed by atoms with Gasteiger partial charge < -0.3 is 0 Å². The van der Waals surface area contributed by atoms with Crippen LogP contribution in [0.2, 0.25) is 0 Å². The molecule has 0 aliphatic rings. The molecule has 0 spiro atoms. The van der Waals surface area contributed by atoms with Crippen molar-refractivity contribution in [2.75, 3.05) is 0 Å². The molecule has 2 heteroatoms. The fraction of sp³-hybridized carbons (Fsp3) is 0. The summed E-state index contributed by atoms with van der Waals surface area (Å²) < 4.78 is 2.19. The summed E-state index contributed by atoms with van der Waals surface area (Å²) in [6.07, 6.45) is 3.65. The minimum atomic E-state index is 1.10. The Morgan fingerprint density at radius 1 is 0.667 bits per heavy atom. The van der Waals surface area contributed by atoms with Crippen molar-refractivity contribution in [3.63, 3.8) is 0 Å². The van der Waals surface area contributed by atoms with Crippen molar-refractivity contribution in [1.82, 2.24) is 0 Å². The molecule has 92 valence electrons. The molecule has 0 aliphatic carbocycles. The van der Waals surface area contributed by atoms with Crippen LogP contribution in [0.5, 0.6) is 0 Å². The Labute approximate surface area is 125 Å². The summed E-state index contributed by atoms with van der Waals surface area (Å²) in [6.45, 7) is 7.32. The molecular formula is C16H14Br2. The van der Waals surface area contributed by atoms with Gasteiger partial charge in [-0.05, 0) is 23.3 Å². The molecule has 0 saturated carbocycles. The number of benzene rings is 2. The van der Waals surface area contributed by atoms with Crippen LogP contribution in [0.1, 0.15) is 11.1 Å². The molecule has 0 unspecified atom stereocenters. The molecular weight excluding hydrogens is 352 g/mol. The van der Waals surface area contributed by atoms with Crippen LogP contribution in [0.4, 0.5) is 0 Å². The van der Waals surface area contributed by atoms with Gasteiger partial charge in [0.2, 0.25) is 0 Å². The van der Waals surface area contributed by atoms with Gasteiger partial charge in [0, 0.05) is 8.95 Å². The Kier molecular flexibility index (Phi) is 6.69. The third kappa shape index (κ3) is 4.63. The third-order valence-electron chi connectivity index (χ3n) is 2.25. The lowest BCUT2D eigenvalue weighted by Crippen LogP contribution is -1.70. The zero-order chi connectivity index (χ0) is 13.4. The first kappa shape index (κ1) is 14.9. The van der Waals surface area contributed by atoms with Crippen LogP contribution in [-0.2, 0) is 0 Å². The zero-order valence-electron chi connectivity index (χ0n) is 9.94. The molecule has 0 radical (unpaired) electrons. The van der Waals surface area contributed by atoms with E-state index in [0.717, 1.165) is 20.1 Å². The molecule has 0 bridgehead atoms. The second-order valence-electron chi connectivity index (χ2n) is 3.45. The first-order chi connectivity index (χ1) is 8.69. The van der Waals surface area contributed by atoms with E-state index < -0.39 is 0 Å². The lowest BCUT2D eigenvalue weighted by Gasteiger charge is -1.93. The van der Waals surface area contributed by atoms with Gasteiger partial charge in [0.1, 0.15) is 0 Å². The van der Waals surface area contributed by atoms with Gasteiger partial charge in [-0.25, -0.2) is 0 Å². The van der Waals surface area contributed by atoms with Gasteiger partial charge in [0.05, 0.1) is 0 Å². The van der Waals surface area contributed by atoms with E-state index in [9.17, 15) is 0 Å². The fourth-order valence-electron chi connectivity index (χ4n) is 1.28. The highest BCUT2D eigenvalue weighted by atomic mass is 79.9. The molecule has 0 atom stereocenters. The largest absolute Gasteiger partial charge is 0.0984 e. The van der Waals surface area contributed by atoms with E-state index in [1.165, 1.54) is 0 Å². The van der Waals surface area contributed by atoms with E-state index >= 15 is 0 Å². The predicted molar refractivity (Wildman–Crippen MR) is 88.5 cm³/mol. The van der Waals surface area contributed by atoms with Crippen molar-refractivity contribution in [1.29, 1.82) is 0 Å². The fourth-order valence-corrected chi connectivity index (χ4v) is 2.17. The van der Waals surface area contributed by atoms with Crippen LogP contribution in [-0.4, -0.2) is 0 Å². The average Bonchev–Trinajstić information content (AvgIpc) is 2.41. The topological polar surface area (TPSA) is 0 Å². The van der Waals surface area contributed by atoms with Crippen LogP contribution < -0.4 is 0 Å². The van der Waals surface area contributed by atoms with Crippen LogP contribution in [0, 0.1) is 0 Å². The summed E-state index contributed by atoms with van der Waals surface area (Å²) in [5.74, 6) is 0. The minimum absolute atomic E-state index is 1.10. The highest BCUT2D eigenvalue weighted by Crippen LogP contribution is 2.16. The van der Waals surface area contributed by atoms with Crippen LogP contribution in [0.3, 0.4) is 0 Å². The highest BCUT2D eigenvalue weighted by molar-refractivity contribution is 9.10. The van der Waals surface area contributed by atoms with Gasteiger partial charge in [-0.15, -0.1) is 0 Å². The first-order valence-corrected chi connectivity index (χ1v) is 7.01. The van der Waals surface area contributed by atoms with Gasteiger partial charge >= 0.3 is 0 Å². The number of halogens is 2. The summed E-state index contributed by atoms with van der Waals surface area (Å²) in [5.41, 5.74) is 2.27. The van der Waals surface area contributed by atoms with E-state index in [-0.39, 0.29) is 0 Å². The molecule has 2 rings (SSSR count). The molecule has 0 nitrogen and oxygen atoms in total. The molecule has 0 fully saturated rings. The smallest absolute Gasteiger partial charge is 0.0247 e. The first-order valence-electron chi connectivity index (χ1n) is 5.43. The molecule has 2 aromatic carbocycles. The normalized spacial score (nSPS) is 9.00. The molecule has 0 amide bonds. The van der Waals surface area contributed by atoms with Gasteiger partial charge in [-0.1, -0.05) is 93.6 Å².